The lowest BCUT2D eigenvalue weighted by atomic mass is 10.1. The number of hydrogen-bond acceptors (Lipinski definition) is 4. The molecule has 1 fully saturated rings. The van der Waals surface area contributed by atoms with E-state index in [1.165, 1.54) is 5.52 Å². The third-order valence-corrected chi connectivity index (χ3v) is 5.21. The quantitative estimate of drug-likeness (QED) is 0.245. The fourth-order valence-corrected chi connectivity index (χ4v) is 3.70. The Labute approximate surface area is 191 Å². The minimum absolute atomic E-state index is 0. The molecule has 0 radical (unpaired) electrons. The van der Waals surface area contributed by atoms with Crippen LogP contribution in [-0.2, 0) is 11.3 Å². The van der Waals surface area contributed by atoms with Gasteiger partial charge in [-0.1, -0.05) is 19.1 Å². The number of para-hydroxylation sites is 2. The Kier molecular flexibility index (Phi) is 10.2. The molecule has 3 rings (SSSR count). The first-order chi connectivity index (χ1) is 13.7. The van der Waals surface area contributed by atoms with Crippen LogP contribution in [0.2, 0.25) is 0 Å². The SMILES string of the molecule is CN=C(NCCCn1c(C)nc2ccccc21)NCC(C)CN1CCOCC1.I. The smallest absolute Gasteiger partial charge is 0.190 e. The van der Waals surface area contributed by atoms with Gasteiger partial charge in [-0.15, -0.1) is 24.0 Å². The lowest BCUT2D eigenvalue weighted by Gasteiger charge is -2.29. The van der Waals surface area contributed by atoms with Gasteiger partial charge < -0.3 is 19.9 Å². The first-order valence-corrected chi connectivity index (χ1v) is 10.3. The van der Waals surface area contributed by atoms with Gasteiger partial charge in [0.05, 0.1) is 24.2 Å². The molecule has 1 atom stereocenters. The van der Waals surface area contributed by atoms with E-state index in [0.29, 0.717) is 5.92 Å². The van der Waals surface area contributed by atoms with Crippen molar-refractivity contribution in [2.24, 2.45) is 10.9 Å². The van der Waals surface area contributed by atoms with Gasteiger partial charge in [0.15, 0.2) is 5.96 Å². The van der Waals surface area contributed by atoms with Crippen LogP contribution in [0.1, 0.15) is 19.2 Å². The molecule has 162 valence electrons. The van der Waals surface area contributed by atoms with Crippen molar-refractivity contribution in [1.29, 1.82) is 0 Å². The Morgan fingerprint density at radius 3 is 2.76 bits per heavy atom. The normalized spacial score (nSPS) is 16.4. The number of halogens is 1. The molecule has 0 aliphatic carbocycles. The Hall–Kier alpha value is -1.39. The van der Waals surface area contributed by atoms with Gasteiger partial charge in [0.2, 0.25) is 0 Å². The molecule has 1 saturated heterocycles. The highest BCUT2D eigenvalue weighted by Gasteiger charge is 2.14. The number of fused-ring (bicyclic) bond motifs is 1. The van der Waals surface area contributed by atoms with Crippen LogP contribution in [0.4, 0.5) is 0 Å². The van der Waals surface area contributed by atoms with E-state index < -0.39 is 0 Å². The first kappa shape index (κ1) is 23.9. The summed E-state index contributed by atoms with van der Waals surface area (Å²) < 4.78 is 7.71. The highest BCUT2D eigenvalue weighted by molar-refractivity contribution is 14.0. The molecule has 0 spiro atoms. The third-order valence-electron chi connectivity index (χ3n) is 5.21. The molecular formula is C21H35IN6O. The van der Waals surface area contributed by atoms with Gasteiger partial charge in [0.1, 0.15) is 5.82 Å². The predicted molar refractivity (Wildman–Crippen MR) is 130 cm³/mol. The summed E-state index contributed by atoms with van der Waals surface area (Å²) in [4.78, 5) is 11.5. The van der Waals surface area contributed by atoms with Crippen LogP contribution >= 0.6 is 24.0 Å². The van der Waals surface area contributed by atoms with Gasteiger partial charge in [-0.25, -0.2) is 4.98 Å². The molecule has 0 amide bonds. The molecule has 0 saturated carbocycles. The maximum atomic E-state index is 5.42. The summed E-state index contributed by atoms with van der Waals surface area (Å²) in [5.41, 5.74) is 2.28. The zero-order chi connectivity index (χ0) is 19.8. The van der Waals surface area contributed by atoms with Gasteiger partial charge in [-0.2, -0.15) is 0 Å². The minimum Gasteiger partial charge on any atom is -0.379 e. The number of imidazole rings is 1. The number of benzene rings is 1. The van der Waals surface area contributed by atoms with E-state index in [2.05, 4.69) is 62.1 Å². The standard InChI is InChI=1S/C21H34N6O.HI/c1-17(16-26-11-13-28-14-12-26)15-24-21(22-3)23-9-6-10-27-18(2)25-19-7-4-5-8-20(19)27;/h4-5,7-8,17H,6,9-16H2,1-3H3,(H2,22,23,24);1H. The van der Waals surface area contributed by atoms with E-state index in [1.54, 1.807) is 0 Å². The highest BCUT2D eigenvalue weighted by atomic mass is 127. The summed E-state index contributed by atoms with van der Waals surface area (Å²) in [5.74, 6) is 2.51. The van der Waals surface area contributed by atoms with Crippen molar-refractivity contribution in [2.45, 2.75) is 26.8 Å². The van der Waals surface area contributed by atoms with Crippen LogP contribution in [0, 0.1) is 12.8 Å². The van der Waals surface area contributed by atoms with Crippen molar-refractivity contribution in [1.82, 2.24) is 25.1 Å². The van der Waals surface area contributed by atoms with Crippen LogP contribution in [-0.4, -0.2) is 73.4 Å². The number of nitrogens with one attached hydrogen (secondary N) is 2. The molecule has 1 aliphatic heterocycles. The summed E-state index contributed by atoms with van der Waals surface area (Å²) in [6.45, 7) is 12.0. The van der Waals surface area contributed by atoms with Gasteiger partial charge in [0, 0.05) is 46.3 Å². The number of morpholine rings is 1. The number of aliphatic imine (C=N–C) groups is 1. The summed E-state index contributed by atoms with van der Waals surface area (Å²) in [5, 5.41) is 6.89. The second-order valence-corrected chi connectivity index (χ2v) is 7.55. The molecule has 1 aliphatic rings. The third kappa shape index (κ3) is 7.11. The Bertz CT molecular complexity index is 772. The first-order valence-electron chi connectivity index (χ1n) is 10.3. The number of rotatable bonds is 8. The molecule has 2 N–H and O–H groups in total. The Morgan fingerprint density at radius 2 is 2.00 bits per heavy atom. The number of hydrogen-bond donors (Lipinski definition) is 2. The van der Waals surface area contributed by atoms with Crippen LogP contribution in [0.5, 0.6) is 0 Å². The molecule has 1 aromatic carbocycles. The van der Waals surface area contributed by atoms with Gasteiger partial charge in [-0.3, -0.25) is 9.89 Å². The summed E-state index contributed by atoms with van der Waals surface area (Å²) in [6.07, 6.45) is 1.02. The number of nitrogens with zero attached hydrogens (tertiary/aromatic N) is 4. The molecule has 29 heavy (non-hydrogen) atoms. The summed E-state index contributed by atoms with van der Waals surface area (Å²) in [7, 11) is 1.83. The second-order valence-electron chi connectivity index (χ2n) is 7.55. The van der Waals surface area contributed by atoms with E-state index in [4.69, 9.17) is 4.74 Å². The lowest BCUT2D eigenvalue weighted by Crippen LogP contribution is -2.44. The van der Waals surface area contributed by atoms with E-state index in [0.717, 1.165) is 76.2 Å². The molecule has 8 heteroatoms. The van der Waals surface area contributed by atoms with E-state index in [-0.39, 0.29) is 24.0 Å². The summed E-state index contributed by atoms with van der Waals surface area (Å²) >= 11 is 0. The van der Waals surface area contributed by atoms with E-state index in [1.807, 2.05) is 13.1 Å². The largest absolute Gasteiger partial charge is 0.379 e. The van der Waals surface area contributed by atoms with Gasteiger partial charge in [0.25, 0.3) is 0 Å². The van der Waals surface area contributed by atoms with Crippen molar-refractivity contribution in [3.8, 4) is 0 Å². The maximum absolute atomic E-state index is 5.42. The monoisotopic (exact) mass is 514 g/mol. The van der Waals surface area contributed by atoms with Crippen molar-refractivity contribution in [3.05, 3.63) is 30.1 Å². The molecule has 1 aromatic heterocycles. The zero-order valence-electron chi connectivity index (χ0n) is 17.9. The number of ether oxygens (including phenoxy) is 1. The molecule has 1 unspecified atom stereocenters. The molecule has 2 aromatic rings. The molecular weight excluding hydrogens is 479 g/mol. The average molecular weight is 514 g/mol. The van der Waals surface area contributed by atoms with Crippen molar-refractivity contribution >= 4 is 41.0 Å². The minimum atomic E-state index is 0. The zero-order valence-corrected chi connectivity index (χ0v) is 20.2. The number of guanidine groups is 1. The molecule has 7 nitrogen and oxygen atoms in total. The van der Waals surface area contributed by atoms with Gasteiger partial charge >= 0.3 is 0 Å². The van der Waals surface area contributed by atoms with Crippen LogP contribution in [0.25, 0.3) is 11.0 Å². The van der Waals surface area contributed by atoms with Crippen LogP contribution in [0.15, 0.2) is 29.3 Å². The topological polar surface area (TPSA) is 66.7 Å². The van der Waals surface area contributed by atoms with E-state index >= 15 is 0 Å². The lowest BCUT2D eigenvalue weighted by molar-refractivity contribution is 0.0320. The average Bonchev–Trinajstić information content (AvgIpc) is 3.03. The van der Waals surface area contributed by atoms with Crippen LogP contribution in [0.3, 0.4) is 0 Å². The Balaban J connectivity index is 0.00000300. The second kappa shape index (κ2) is 12.3. The van der Waals surface area contributed by atoms with Crippen molar-refractivity contribution < 1.29 is 4.74 Å². The van der Waals surface area contributed by atoms with E-state index in [9.17, 15) is 0 Å². The fraction of sp³-hybridized carbons (Fsp3) is 0.619. The summed E-state index contributed by atoms with van der Waals surface area (Å²) in [6, 6.07) is 8.32. The highest BCUT2D eigenvalue weighted by Crippen LogP contribution is 2.15. The maximum Gasteiger partial charge on any atom is 0.190 e. The predicted octanol–water partition coefficient (Wildman–Crippen LogP) is 2.49. The number of aryl methyl sites for hydroxylation is 2. The Morgan fingerprint density at radius 1 is 1.24 bits per heavy atom. The fourth-order valence-electron chi connectivity index (χ4n) is 3.70. The van der Waals surface area contributed by atoms with Crippen molar-refractivity contribution in [3.63, 3.8) is 0 Å². The van der Waals surface area contributed by atoms with Crippen molar-refractivity contribution in [2.75, 3.05) is 53.0 Å². The van der Waals surface area contributed by atoms with Crippen LogP contribution < -0.4 is 10.6 Å². The van der Waals surface area contributed by atoms with Gasteiger partial charge in [-0.05, 0) is 31.4 Å². The molecule has 0 bridgehead atoms. The number of aromatic nitrogens is 2. The molecule has 2 heterocycles.